The van der Waals surface area contributed by atoms with Crippen LogP contribution in [0.1, 0.15) is 23.6 Å². The number of nitrogens with one attached hydrogen (secondary N) is 1. The molecule has 3 rings (SSSR count). The van der Waals surface area contributed by atoms with Gasteiger partial charge in [-0.2, -0.15) is 0 Å². The first-order valence-corrected chi connectivity index (χ1v) is 12.7. The van der Waals surface area contributed by atoms with E-state index in [2.05, 4.69) is 5.32 Å². The first kappa shape index (κ1) is 26.3. The molecular formula is C28H31FN2O3S. The molecule has 0 aliphatic carbocycles. The average Bonchev–Trinajstić information content (AvgIpc) is 2.88. The van der Waals surface area contributed by atoms with Gasteiger partial charge in [-0.05, 0) is 41.8 Å². The predicted molar refractivity (Wildman–Crippen MR) is 139 cm³/mol. The molecule has 0 unspecified atom stereocenters. The summed E-state index contributed by atoms with van der Waals surface area (Å²) >= 11 is 1.34. The summed E-state index contributed by atoms with van der Waals surface area (Å²) in [5, 5.41) is 2.89. The number of hydrogen-bond acceptors (Lipinski definition) is 4. The number of methoxy groups -OCH3 is 1. The summed E-state index contributed by atoms with van der Waals surface area (Å²) in [6.45, 7) is 2.58. The standard InChI is InChI=1S/C28H31FN2O3S/c1-3-30-28(33)26(17-21-10-5-4-6-11-21)31(18-22-12-9-14-24(16-22)34-2)27(32)20-35-19-23-13-7-8-15-25(23)29/h4-16,26H,3,17-20H2,1-2H3,(H,30,33)/t26-/m0/s1. The van der Waals surface area contributed by atoms with E-state index >= 15 is 0 Å². The highest BCUT2D eigenvalue weighted by Gasteiger charge is 2.30. The lowest BCUT2D eigenvalue weighted by Gasteiger charge is -2.31. The zero-order chi connectivity index (χ0) is 25.0. The molecule has 2 amide bonds. The van der Waals surface area contributed by atoms with E-state index < -0.39 is 6.04 Å². The summed E-state index contributed by atoms with van der Waals surface area (Å²) in [4.78, 5) is 28.3. The average molecular weight is 495 g/mol. The van der Waals surface area contributed by atoms with Gasteiger partial charge < -0.3 is 15.0 Å². The van der Waals surface area contributed by atoms with Gasteiger partial charge in [-0.15, -0.1) is 11.8 Å². The molecule has 0 spiro atoms. The molecule has 1 atom stereocenters. The molecule has 0 aliphatic heterocycles. The second-order valence-electron chi connectivity index (χ2n) is 8.06. The van der Waals surface area contributed by atoms with Crippen LogP contribution in [0.15, 0.2) is 78.9 Å². The zero-order valence-electron chi connectivity index (χ0n) is 20.1. The number of carbonyl (C=O) groups excluding carboxylic acids is 2. The van der Waals surface area contributed by atoms with Crippen LogP contribution in [0, 0.1) is 5.82 Å². The molecule has 5 nitrogen and oxygen atoms in total. The number of hydrogen-bond donors (Lipinski definition) is 1. The Hall–Kier alpha value is -3.32. The number of likely N-dealkylation sites (N-methyl/N-ethyl adjacent to an activating group) is 1. The first-order valence-electron chi connectivity index (χ1n) is 11.6. The molecule has 0 saturated heterocycles. The van der Waals surface area contributed by atoms with Gasteiger partial charge in [0, 0.05) is 25.3 Å². The molecule has 0 fully saturated rings. The molecular weight excluding hydrogens is 463 g/mol. The van der Waals surface area contributed by atoms with Gasteiger partial charge in [0.05, 0.1) is 12.9 Å². The summed E-state index contributed by atoms with van der Waals surface area (Å²) in [7, 11) is 1.59. The van der Waals surface area contributed by atoms with Crippen LogP contribution in [0.3, 0.4) is 0 Å². The normalized spacial score (nSPS) is 11.5. The van der Waals surface area contributed by atoms with Crippen molar-refractivity contribution in [2.45, 2.75) is 31.7 Å². The number of benzene rings is 3. The molecule has 1 N–H and O–H groups in total. The largest absolute Gasteiger partial charge is 0.497 e. The quantitative estimate of drug-likeness (QED) is 0.391. The number of amides is 2. The van der Waals surface area contributed by atoms with Gasteiger partial charge in [-0.3, -0.25) is 9.59 Å². The Bertz CT molecular complexity index is 1110. The SMILES string of the molecule is CCNC(=O)[C@H](Cc1ccccc1)N(Cc1cccc(OC)c1)C(=O)CSCc1ccccc1F. The molecule has 7 heteroatoms. The van der Waals surface area contributed by atoms with Gasteiger partial charge >= 0.3 is 0 Å². The van der Waals surface area contributed by atoms with E-state index in [0.29, 0.717) is 30.0 Å². The molecule has 0 aromatic heterocycles. The van der Waals surface area contributed by atoms with Crippen molar-refractivity contribution < 1.29 is 18.7 Å². The van der Waals surface area contributed by atoms with E-state index in [9.17, 15) is 14.0 Å². The molecule has 0 aliphatic rings. The Labute approximate surface area is 210 Å². The van der Waals surface area contributed by atoms with Crippen LogP contribution in [0.4, 0.5) is 4.39 Å². The highest BCUT2D eigenvalue weighted by molar-refractivity contribution is 7.99. The highest BCUT2D eigenvalue weighted by Crippen LogP contribution is 2.21. The highest BCUT2D eigenvalue weighted by atomic mass is 32.2. The third kappa shape index (κ3) is 7.86. The smallest absolute Gasteiger partial charge is 0.243 e. The monoisotopic (exact) mass is 494 g/mol. The number of halogens is 1. The summed E-state index contributed by atoms with van der Waals surface area (Å²) in [5.74, 6) is 0.512. The Balaban J connectivity index is 1.85. The number of thioether (sulfide) groups is 1. The van der Waals surface area contributed by atoms with Crippen LogP contribution in [0.5, 0.6) is 5.75 Å². The van der Waals surface area contributed by atoms with Crippen molar-refractivity contribution in [2.75, 3.05) is 19.4 Å². The van der Waals surface area contributed by atoms with Crippen molar-refractivity contribution in [3.63, 3.8) is 0 Å². The van der Waals surface area contributed by atoms with E-state index in [1.54, 1.807) is 30.2 Å². The molecule has 0 heterocycles. The van der Waals surface area contributed by atoms with Gasteiger partial charge in [0.1, 0.15) is 17.6 Å². The molecule has 0 radical (unpaired) electrons. The zero-order valence-corrected chi connectivity index (χ0v) is 20.9. The van der Waals surface area contributed by atoms with E-state index in [-0.39, 0.29) is 29.9 Å². The lowest BCUT2D eigenvalue weighted by Crippen LogP contribution is -2.51. The maximum absolute atomic E-state index is 14.0. The number of ether oxygens (including phenoxy) is 1. The fraction of sp³-hybridized carbons (Fsp3) is 0.286. The van der Waals surface area contributed by atoms with Crippen molar-refractivity contribution in [3.05, 3.63) is 101 Å². The van der Waals surface area contributed by atoms with Crippen molar-refractivity contribution in [1.29, 1.82) is 0 Å². The van der Waals surface area contributed by atoms with Crippen molar-refractivity contribution >= 4 is 23.6 Å². The van der Waals surface area contributed by atoms with Crippen LogP contribution in [-0.2, 0) is 28.3 Å². The van der Waals surface area contributed by atoms with Crippen molar-refractivity contribution in [3.8, 4) is 5.75 Å². The number of rotatable bonds is 12. The minimum atomic E-state index is -0.690. The third-order valence-electron chi connectivity index (χ3n) is 5.55. The Morgan fingerprint density at radius 3 is 2.43 bits per heavy atom. The van der Waals surface area contributed by atoms with Gasteiger partial charge in [0.25, 0.3) is 0 Å². The van der Waals surface area contributed by atoms with E-state index in [1.165, 1.54) is 17.8 Å². The van der Waals surface area contributed by atoms with E-state index in [4.69, 9.17) is 4.74 Å². The number of carbonyl (C=O) groups is 2. The maximum atomic E-state index is 14.0. The van der Waals surface area contributed by atoms with Crippen LogP contribution >= 0.6 is 11.8 Å². The van der Waals surface area contributed by atoms with Crippen molar-refractivity contribution in [2.24, 2.45) is 0 Å². The Morgan fingerprint density at radius 2 is 1.71 bits per heavy atom. The number of nitrogens with zero attached hydrogens (tertiary/aromatic N) is 1. The molecule has 3 aromatic rings. The van der Waals surface area contributed by atoms with E-state index in [0.717, 1.165) is 11.1 Å². The molecule has 184 valence electrons. The van der Waals surface area contributed by atoms with Crippen LogP contribution in [-0.4, -0.2) is 42.2 Å². The van der Waals surface area contributed by atoms with Gasteiger partial charge in [0.2, 0.25) is 11.8 Å². The summed E-state index contributed by atoms with van der Waals surface area (Å²) in [5.41, 5.74) is 2.37. The van der Waals surface area contributed by atoms with Gasteiger partial charge in [-0.25, -0.2) is 4.39 Å². The minimum absolute atomic E-state index is 0.128. The topological polar surface area (TPSA) is 58.6 Å². The van der Waals surface area contributed by atoms with Crippen LogP contribution in [0.2, 0.25) is 0 Å². The summed E-state index contributed by atoms with van der Waals surface area (Å²) in [6, 6.07) is 23.0. The van der Waals surface area contributed by atoms with Gasteiger partial charge in [-0.1, -0.05) is 60.7 Å². The van der Waals surface area contributed by atoms with Gasteiger partial charge in [0.15, 0.2) is 0 Å². The van der Waals surface area contributed by atoms with E-state index in [1.807, 2.05) is 61.5 Å². The minimum Gasteiger partial charge on any atom is -0.497 e. The molecule has 0 bridgehead atoms. The molecule has 35 heavy (non-hydrogen) atoms. The molecule has 0 saturated carbocycles. The fourth-order valence-electron chi connectivity index (χ4n) is 3.76. The second-order valence-corrected chi connectivity index (χ2v) is 9.04. The third-order valence-corrected chi connectivity index (χ3v) is 6.52. The summed E-state index contributed by atoms with van der Waals surface area (Å²) < 4.78 is 19.4. The first-order chi connectivity index (χ1) is 17.0. The Morgan fingerprint density at radius 1 is 1.00 bits per heavy atom. The Kier molecular flexibility index (Phi) is 10.2. The van der Waals surface area contributed by atoms with Crippen LogP contribution in [0.25, 0.3) is 0 Å². The molecule has 3 aromatic carbocycles. The lowest BCUT2D eigenvalue weighted by molar-refractivity contribution is -0.139. The second kappa shape index (κ2) is 13.5. The summed E-state index contributed by atoms with van der Waals surface area (Å²) in [6.07, 6.45) is 0.389. The fourth-order valence-corrected chi connectivity index (χ4v) is 4.66. The lowest BCUT2D eigenvalue weighted by atomic mass is 10.0. The maximum Gasteiger partial charge on any atom is 0.243 e. The predicted octanol–water partition coefficient (Wildman–Crippen LogP) is 4.84. The van der Waals surface area contributed by atoms with Crippen molar-refractivity contribution in [1.82, 2.24) is 10.2 Å². The van der Waals surface area contributed by atoms with Crippen LogP contribution < -0.4 is 10.1 Å².